The molecule has 0 saturated carbocycles. The lowest BCUT2D eigenvalue weighted by Gasteiger charge is -2.28. The molecule has 1 unspecified atom stereocenters. The van der Waals surface area contributed by atoms with E-state index in [4.69, 9.17) is 0 Å². The Kier molecular flexibility index (Phi) is 9.56. The van der Waals surface area contributed by atoms with E-state index in [1.807, 2.05) is 53.4 Å². The quantitative estimate of drug-likeness (QED) is 0.134. The molecule has 240 valence electrons. The minimum absolute atomic E-state index is 0.136. The molecule has 0 amide bonds. The number of nitrogens with zero attached hydrogens (tertiary/aromatic N) is 2. The van der Waals surface area contributed by atoms with Gasteiger partial charge in [-0.1, -0.05) is 77.7 Å². The van der Waals surface area contributed by atoms with E-state index < -0.39 is 20.2 Å². The Labute approximate surface area is 278 Å². The van der Waals surface area contributed by atoms with Crippen LogP contribution in [0.15, 0.2) is 112 Å². The lowest BCUT2D eigenvalue weighted by Crippen LogP contribution is -2.36. The molecule has 12 heteroatoms. The van der Waals surface area contributed by atoms with Crippen LogP contribution in [0.5, 0.6) is 0 Å². The van der Waals surface area contributed by atoms with E-state index >= 15 is 0 Å². The molecule has 2 N–H and O–H groups in total. The summed E-state index contributed by atoms with van der Waals surface area (Å²) in [7, 11) is -8.21. The van der Waals surface area contributed by atoms with E-state index in [2.05, 4.69) is 54.0 Å². The van der Waals surface area contributed by atoms with Crippen LogP contribution in [0.25, 0.3) is 16.3 Å². The highest BCUT2D eigenvalue weighted by molar-refractivity contribution is 8.03. The van der Waals surface area contributed by atoms with Gasteiger partial charge in [-0.3, -0.25) is 9.11 Å². The Hall–Kier alpha value is -3.26. The van der Waals surface area contributed by atoms with Crippen molar-refractivity contribution in [1.29, 1.82) is 0 Å². The third-order valence-electron chi connectivity index (χ3n) is 8.39. The zero-order chi connectivity index (χ0) is 32.5. The third kappa shape index (κ3) is 7.64. The largest absolute Gasteiger partial charge is 0.334 e. The van der Waals surface area contributed by atoms with E-state index in [-0.39, 0.29) is 30.4 Å². The minimum Gasteiger partial charge on any atom is -0.334 e. The number of hydrogen-bond donors (Lipinski definition) is 2. The van der Waals surface area contributed by atoms with E-state index in [0.29, 0.717) is 6.54 Å². The normalized spacial score (nSPS) is 19.0. The van der Waals surface area contributed by atoms with Crippen molar-refractivity contribution < 1.29 is 30.5 Å². The van der Waals surface area contributed by atoms with E-state index in [0.717, 1.165) is 54.8 Å². The number of rotatable bonds is 10. The van der Waals surface area contributed by atoms with Gasteiger partial charge in [0.15, 0.2) is 6.54 Å². The summed E-state index contributed by atoms with van der Waals surface area (Å²) < 4.78 is 68.5. The smallest absolute Gasteiger partial charge is 0.266 e. The molecule has 1 aliphatic carbocycles. The Morgan fingerprint density at radius 3 is 2.33 bits per heavy atom. The lowest BCUT2D eigenvalue weighted by molar-refractivity contribution is -0.668. The summed E-state index contributed by atoms with van der Waals surface area (Å²) in [5.41, 5.74) is 6.64. The molecule has 3 aromatic carbocycles. The summed E-state index contributed by atoms with van der Waals surface area (Å²) in [6.07, 6.45) is 6.30. The summed E-state index contributed by atoms with van der Waals surface area (Å²) in [5, 5.41) is 1.92. The number of para-hydroxylation sites is 2. The minimum atomic E-state index is -4.15. The first kappa shape index (κ1) is 32.7. The van der Waals surface area contributed by atoms with Gasteiger partial charge in [-0.15, -0.1) is 0 Å². The van der Waals surface area contributed by atoms with E-state index in [1.54, 1.807) is 23.1 Å². The van der Waals surface area contributed by atoms with Gasteiger partial charge in [-0.05, 0) is 72.2 Å². The van der Waals surface area contributed by atoms with Crippen LogP contribution in [0.3, 0.4) is 0 Å². The number of hydrogen-bond acceptors (Lipinski definition) is 7. The molecular formula is C34H35N2O6S4+. The van der Waals surface area contributed by atoms with Gasteiger partial charge in [0.2, 0.25) is 5.52 Å². The first-order chi connectivity index (χ1) is 21.9. The highest BCUT2D eigenvalue weighted by atomic mass is 32.2. The van der Waals surface area contributed by atoms with Crippen LogP contribution in [0, 0.1) is 0 Å². The van der Waals surface area contributed by atoms with Crippen molar-refractivity contribution in [2.24, 2.45) is 0 Å². The highest BCUT2D eigenvalue weighted by Crippen LogP contribution is 2.48. The monoisotopic (exact) mass is 695 g/mol. The topological polar surface area (TPSA) is 116 Å². The summed E-state index contributed by atoms with van der Waals surface area (Å²) in [6.45, 7) is 2.71. The molecule has 0 spiro atoms. The van der Waals surface area contributed by atoms with Crippen molar-refractivity contribution >= 4 is 65.3 Å². The fourth-order valence-corrected chi connectivity index (χ4v) is 9.32. The molecule has 6 rings (SSSR count). The van der Waals surface area contributed by atoms with Gasteiger partial charge in [0, 0.05) is 30.0 Å². The van der Waals surface area contributed by atoms with Crippen LogP contribution in [0.1, 0.15) is 42.7 Å². The Morgan fingerprint density at radius 2 is 1.57 bits per heavy atom. The zero-order valence-corrected chi connectivity index (χ0v) is 28.5. The number of fused-ring (bicyclic) bond motifs is 2. The molecule has 2 heterocycles. The average molecular weight is 696 g/mol. The molecule has 0 fully saturated rings. The van der Waals surface area contributed by atoms with Crippen LogP contribution in [0.4, 0.5) is 5.69 Å². The number of aromatic nitrogens is 1. The predicted octanol–water partition coefficient (Wildman–Crippen LogP) is 7.09. The summed E-state index contributed by atoms with van der Waals surface area (Å²) in [6, 6.07) is 26.4. The van der Waals surface area contributed by atoms with Crippen molar-refractivity contribution in [3.8, 4) is 0 Å². The first-order valence-corrected chi connectivity index (χ1v) is 19.8. The number of benzene rings is 3. The van der Waals surface area contributed by atoms with Crippen LogP contribution in [-0.4, -0.2) is 44.0 Å². The second kappa shape index (κ2) is 13.5. The van der Waals surface area contributed by atoms with Crippen molar-refractivity contribution in [2.45, 2.75) is 43.5 Å². The standard InChI is InChI=1S/C34H34N2O6S4/c1-24-26(22-33-35(16-9-18-45(37,38)39)29-12-5-7-14-31(29)43-33)20-28(25-10-3-2-4-11-25)21-27(24)23-34-36(17-19-46(40,41)42)30-13-6-8-15-32(30)44-34/h2-8,10-15,22-23,28H,9,16-21H2,1H3,(H-,37,38,39,40,41,42)/p+1. The SMILES string of the molecule is CC1=C(C=C2Sc3ccccc3N2CCS(=O)(=O)O)CC(c2ccccc2)CC1=Cc1sc2ccccc2[n+]1CCCS(=O)(=O)O. The van der Waals surface area contributed by atoms with E-state index in [1.165, 1.54) is 11.1 Å². The Balaban J connectivity index is 1.43. The van der Waals surface area contributed by atoms with Crippen molar-refractivity contribution in [2.75, 3.05) is 23.0 Å². The van der Waals surface area contributed by atoms with Crippen molar-refractivity contribution in [3.05, 3.63) is 117 Å². The second-order valence-corrected chi connectivity index (χ2v) is 16.8. The zero-order valence-electron chi connectivity index (χ0n) is 25.2. The van der Waals surface area contributed by atoms with Crippen molar-refractivity contribution in [3.63, 3.8) is 0 Å². The molecular weight excluding hydrogens is 661 g/mol. The van der Waals surface area contributed by atoms with Crippen molar-refractivity contribution in [1.82, 2.24) is 0 Å². The van der Waals surface area contributed by atoms with Crippen LogP contribution in [0.2, 0.25) is 0 Å². The molecule has 4 aromatic rings. The molecule has 0 saturated heterocycles. The van der Waals surface area contributed by atoms with Crippen LogP contribution < -0.4 is 9.47 Å². The molecule has 1 aromatic heterocycles. The third-order valence-corrected chi connectivity index (χ3v) is 12.1. The predicted molar refractivity (Wildman–Crippen MR) is 186 cm³/mol. The first-order valence-electron chi connectivity index (χ1n) is 15.0. The van der Waals surface area contributed by atoms with Gasteiger partial charge < -0.3 is 4.90 Å². The number of anilines is 1. The molecule has 1 atom stereocenters. The number of allylic oxidation sites excluding steroid dienone is 4. The maximum absolute atomic E-state index is 11.7. The van der Waals surface area contributed by atoms with Gasteiger partial charge in [-0.25, -0.2) is 0 Å². The Bertz CT molecular complexity index is 2080. The second-order valence-electron chi connectivity index (χ2n) is 11.5. The summed E-state index contributed by atoms with van der Waals surface area (Å²) in [4.78, 5) is 3.00. The molecule has 46 heavy (non-hydrogen) atoms. The van der Waals surface area contributed by atoms with Crippen LogP contribution >= 0.6 is 23.1 Å². The molecule has 0 bridgehead atoms. The fraction of sp³-hybridized carbons (Fsp3) is 0.265. The number of thiazole rings is 1. The number of thioether (sulfide) groups is 1. The fourth-order valence-electron chi connectivity index (χ4n) is 6.10. The molecule has 2 aliphatic rings. The van der Waals surface area contributed by atoms with Gasteiger partial charge in [0.25, 0.3) is 25.2 Å². The van der Waals surface area contributed by atoms with Gasteiger partial charge in [0.1, 0.15) is 4.70 Å². The lowest BCUT2D eigenvalue weighted by atomic mass is 9.77. The maximum atomic E-state index is 11.7. The van der Waals surface area contributed by atoms with Crippen LogP contribution in [-0.2, 0) is 26.8 Å². The summed E-state index contributed by atoms with van der Waals surface area (Å²) in [5.74, 6) is -0.468. The Morgan fingerprint density at radius 1 is 0.870 bits per heavy atom. The molecule has 8 nitrogen and oxygen atoms in total. The van der Waals surface area contributed by atoms with Gasteiger partial charge in [-0.2, -0.15) is 21.4 Å². The maximum Gasteiger partial charge on any atom is 0.266 e. The summed E-state index contributed by atoms with van der Waals surface area (Å²) >= 11 is 3.25. The van der Waals surface area contributed by atoms with Gasteiger partial charge in [0.05, 0.1) is 22.2 Å². The number of aryl methyl sites for hydroxylation is 1. The average Bonchev–Trinajstić information content (AvgIpc) is 3.54. The highest BCUT2D eigenvalue weighted by Gasteiger charge is 2.30. The van der Waals surface area contributed by atoms with Gasteiger partial charge >= 0.3 is 0 Å². The molecule has 0 radical (unpaired) electrons. The van der Waals surface area contributed by atoms with E-state index in [9.17, 15) is 25.9 Å². The molecule has 1 aliphatic heterocycles.